The highest BCUT2D eigenvalue weighted by molar-refractivity contribution is 7.92. The quantitative estimate of drug-likeness (QED) is 0.566. The number of carbonyl (C=O) groups is 1. The molecule has 1 heterocycles. The van der Waals surface area contributed by atoms with Crippen LogP contribution in [0.25, 0.3) is 0 Å². The predicted octanol–water partition coefficient (Wildman–Crippen LogP) is 3.89. The van der Waals surface area contributed by atoms with Crippen molar-refractivity contribution in [1.82, 2.24) is 10.3 Å². The fourth-order valence-corrected chi connectivity index (χ4v) is 4.62. The van der Waals surface area contributed by atoms with Gasteiger partial charge in [-0.25, -0.2) is 13.8 Å². The zero-order valence-corrected chi connectivity index (χ0v) is 19.9. The summed E-state index contributed by atoms with van der Waals surface area (Å²) in [5.74, 6) is -0.793. The normalized spacial score (nSPS) is 15.1. The van der Waals surface area contributed by atoms with E-state index in [-0.39, 0.29) is 5.02 Å². The first-order chi connectivity index (χ1) is 15.9. The number of hydrazone groups is 1. The summed E-state index contributed by atoms with van der Waals surface area (Å²) in [5.41, 5.74) is 2.75. The molecule has 12 heteroatoms. The Morgan fingerprint density at radius 2 is 1.79 bits per heavy atom. The number of likely N-dealkylation sites (tertiary alicyclic amines) is 1. The van der Waals surface area contributed by atoms with Crippen LogP contribution < -0.4 is 9.73 Å². The minimum absolute atomic E-state index is 0.233. The number of anilines is 1. The Morgan fingerprint density at radius 1 is 1.15 bits per heavy atom. The highest BCUT2D eigenvalue weighted by Gasteiger charge is 2.33. The maximum Gasteiger partial charge on any atom is 0.416 e. The number of hydrogen-bond acceptors (Lipinski definition) is 5. The molecule has 1 aliphatic rings. The first-order valence-corrected chi connectivity index (χ1v) is 12.6. The molecular formula is C22H24ClF3N4O3S. The Hall–Kier alpha value is -2.63. The van der Waals surface area contributed by atoms with Crippen LogP contribution >= 0.6 is 11.6 Å². The number of nitrogens with one attached hydrogen (secondary N) is 1. The lowest BCUT2D eigenvalue weighted by Gasteiger charge is -2.27. The molecule has 1 N–H and O–H groups in total. The smallest absolute Gasteiger partial charge is 0.298 e. The molecule has 0 radical (unpaired) electrons. The summed E-state index contributed by atoms with van der Waals surface area (Å²) in [7, 11) is -4.11. The number of sulfonamides is 1. The van der Waals surface area contributed by atoms with E-state index in [0.717, 1.165) is 43.7 Å². The van der Waals surface area contributed by atoms with Crippen LogP contribution in [0.1, 0.15) is 24.0 Å². The van der Waals surface area contributed by atoms with Crippen LogP contribution in [0.5, 0.6) is 0 Å². The highest BCUT2D eigenvalue weighted by Crippen LogP contribution is 2.36. The average Bonchev–Trinajstić information content (AvgIpc) is 2.77. The number of nitrogens with zero attached hydrogens (tertiary/aromatic N) is 3. The summed E-state index contributed by atoms with van der Waals surface area (Å²) in [5, 5.41) is 3.86. The van der Waals surface area contributed by atoms with Gasteiger partial charge in [-0.05, 0) is 23.8 Å². The van der Waals surface area contributed by atoms with Gasteiger partial charge in [-0.2, -0.15) is 18.3 Å². The summed E-state index contributed by atoms with van der Waals surface area (Å²) < 4.78 is 64.3. The van der Waals surface area contributed by atoms with E-state index in [4.69, 9.17) is 11.6 Å². The van der Waals surface area contributed by atoms with E-state index in [1.54, 1.807) is 0 Å². The molecule has 2 aromatic carbocycles. The van der Waals surface area contributed by atoms with Crippen molar-refractivity contribution in [2.24, 2.45) is 5.10 Å². The van der Waals surface area contributed by atoms with E-state index in [2.05, 4.69) is 15.4 Å². The van der Waals surface area contributed by atoms with Crippen molar-refractivity contribution in [3.8, 4) is 0 Å². The van der Waals surface area contributed by atoms with Crippen LogP contribution in [0.15, 0.2) is 53.6 Å². The first kappa shape index (κ1) is 26.0. The zero-order valence-electron chi connectivity index (χ0n) is 18.3. The molecule has 0 aromatic heterocycles. The van der Waals surface area contributed by atoms with Gasteiger partial charge in [-0.3, -0.25) is 14.0 Å². The van der Waals surface area contributed by atoms with E-state index in [1.807, 2.05) is 30.3 Å². The Morgan fingerprint density at radius 3 is 2.38 bits per heavy atom. The van der Waals surface area contributed by atoms with Gasteiger partial charge in [0.25, 0.3) is 5.91 Å². The maximum atomic E-state index is 13.1. The van der Waals surface area contributed by atoms with E-state index < -0.39 is 39.9 Å². The molecule has 1 amide bonds. The zero-order chi connectivity index (χ0) is 24.9. The van der Waals surface area contributed by atoms with Crippen LogP contribution in [-0.4, -0.2) is 50.8 Å². The fourth-order valence-electron chi connectivity index (χ4n) is 3.49. The number of alkyl halides is 3. The summed E-state index contributed by atoms with van der Waals surface area (Å²) in [6.45, 7) is 1.54. The van der Waals surface area contributed by atoms with Crippen molar-refractivity contribution < 1.29 is 26.4 Å². The highest BCUT2D eigenvalue weighted by atomic mass is 35.5. The SMILES string of the molecule is CS(=O)(=O)N(CC(=O)NN=C1CCN(Cc2ccccc2)CC1)c1cc(C(F)(F)F)ccc1Cl. The van der Waals surface area contributed by atoms with Gasteiger partial charge in [0, 0.05) is 38.2 Å². The molecule has 3 rings (SSSR count). The summed E-state index contributed by atoms with van der Waals surface area (Å²) in [4.78, 5) is 14.7. The minimum atomic E-state index is -4.70. The number of benzene rings is 2. The standard InChI is InChI=1S/C22H24ClF3N4O3S/c1-34(32,33)30(20-13-17(22(24,25)26)7-8-19(20)23)15-21(31)28-27-18-9-11-29(12-10-18)14-16-5-3-2-4-6-16/h2-8,13H,9-12,14-15H2,1H3,(H,28,31). The second-order valence-corrected chi connectivity index (χ2v) is 10.2. The van der Waals surface area contributed by atoms with E-state index in [9.17, 15) is 26.4 Å². The molecule has 1 saturated heterocycles. The van der Waals surface area contributed by atoms with Crippen molar-refractivity contribution in [2.75, 3.05) is 30.2 Å². The lowest BCUT2D eigenvalue weighted by molar-refractivity contribution is -0.137. The largest absolute Gasteiger partial charge is 0.416 e. The minimum Gasteiger partial charge on any atom is -0.298 e. The third-order valence-electron chi connectivity index (χ3n) is 5.25. The van der Waals surface area contributed by atoms with E-state index in [0.29, 0.717) is 23.2 Å². The van der Waals surface area contributed by atoms with Gasteiger partial charge in [0.05, 0.1) is 22.5 Å². The number of rotatable bonds is 7. The fraction of sp³-hybridized carbons (Fsp3) is 0.364. The van der Waals surface area contributed by atoms with Crippen LogP contribution in [0.2, 0.25) is 5.02 Å². The van der Waals surface area contributed by atoms with Crippen molar-refractivity contribution >= 4 is 38.9 Å². The van der Waals surface area contributed by atoms with Gasteiger partial charge in [0.1, 0.15) is 6.54 Å². The molecule has 0 saturated carbocycles. The molecular weight excluding hydrogens is 493 g/mol. The summed E-state index contributed by atoms with van der Waals surface area (Å²) in [6, 6.07) is 12.3. The molecule has 0 bridgehead atoms. The molecule has 2 aromatic rings. The van der Waals surface area contributed by atoms with Crippen molar-refractivity contribution in [3.05, 3.63) is 64.7 Å². The lowest BCUT2D eigenvalue weighted by atomic mass is 10.1. The van der Waals surface area contributed by atoms with E-state index in [1.165, 1.54) is 5.56 Å². The molecule has 0 spiro atoms. The van der Waals surface area contributed by atoms with Crippen LogP contribution in [0.4, 0.5) is 18.9 Å². The van der Waals surface area contributed by atoms with Gasteiger partial charge < -0.3 is 0 Å². The summed E-state index contributed by atoms with van der Waals surface area (Å²) in [6.07, 6.45) is -2.66. The Labute approximate surface area is 201 Å². The number of halogens is 4. The van der Waals surface area contributed by atoms with Gasteiger partial charge in [0.15, 0.2) is 0 Å². The van der Waals surface area contributed by atoms with Crippen molar-refractivity contribution in [2.45, 2.75) is 25.6 Å². The third-order valence-corrected chi connectivity index (χ3v) is 6.70. The Kier molecular flexibility index (Phi) is 8.21. The summed E-state index contributed by atoms with van der Waals surface area (Å²) >= 11 is 5.96. The van der Waals surface area contributed by atoms with Gasteiger partial charge >= 0.3 is 6.18 Å². The molecule has 0 unspecified atom stereocenters. The number of piperidine rings is 1. The molecule has 0 atom stereocenters. The van der Waals surface area contributed by atoms with Crippen molar-refractivity contribution in [1.29, 1.82) is 0 Å². The average molecular weight is 517 g/mol. The molecule has 7 nitrogen and oxygen atoms in total. The molecule has 184 valence electrons. The van der Waals surface area contributed by atoms with Crippen LogP contribution in [-0.2, 0) is 27.5 Å². The topological polar surface area (TPSA) is 82.1 Å². The van der Waals surface area contributed by atoms with Gasteiger partial charge in [-0.15, -0.1) is 0 Å². The van der Waals surface area contributed by atoms with Gasteiger partial charge in [-0.1, -0.05) is 41.9 Å². The Balaban J connectivity index is 1.63. The molecule has 34 heavy (non-hydrogen) atoms. The monoisotopic (exact) mass is 516 g/mol. The van der Waals surface area contributed by atoms with E-state index >= 15 is 0 Å². The molecule has 1 fully saturated rings. The number of carbonyl (C=O) groups excluding carboxylic acids is 1. The maximum absolute atomic E-state index is 13.1. The number of amides is 1. The van der Waals surface area contributed by atoms with Crippen LogP contribution in [0, 0.1) is 0 Å². The lowest BCUT2D eigenvalue weighted by Crippen LogP contribution is -2.40. The first-order valence-electron chi connectivity index (χ1n) is 10.4. The van der Waals surface area contributed by atoms with Crippen molar-refractivity contribution in [3.63, 3.8) is 0 Å². The molecule has 0 aliphatic carbocycles. The predicted molar refractivity (Wildman–Crippen MR) is 125 cm³/mol. The van der Waals surface area contributed by atoms with Crippen LogP contribution in [0.3, 0.4) is 0 Å². The number of hydrogen-bond donors (Lipinski definition) is 1. The molecule has 1 aliphatic heterocycles. The van der Waals surface area contributed by atoms with Gasteiger partial charge in [0.2, 0.25) is 10.0 Å². The second-order valence-electron chi connectivity index (χ2n) is 7.91. The third kappa shape index (κ3) is 7.18. The Bertz CT molecular complexity index is 1150. The second kappa shape index (κ2) is 10.7.